The average Bonchev–Trinajstić information content (AvgIpc) is 2.93. The summed E-state index contributed by atoms with van der Waals surface area (Å²) in [5.41, 5.74) is 6.02. The van der Waals surface area contributed by atoms with Gasteiger partial charge in [-0.2, -0.15) is 5.26 Å². The van der Waals surface area contributed by atoms with Gasteiger partial charge in [-0.05, 0) is 50.1 Å². The van der Waals surface area contributed by atoms with Crippen LogP contribution in [0.25, 0.3) is 11.0 Å². The largest absolute Gasteiger partial charge is 0.493 e. The Labute approximate surface area is 209 Å². The second kappa shape index (κ2) is 10.6. The summed E-state index contributed by atoms with van der Waals surface area (Å²) in [6.07, 6.45) is 5.45. The minimum atomic E-state index is 0.298. The van der Waals surface area contributed by atoms with Crippen molar-refractivity contribution in [3.8, 4) is 17.6 Å². The summed E-state index contributed by atoms with van der Waals surface area (Å²) in [5, 5.41) is 13.3. The van der Waals surface area contributed by atoms with Crippen LogP contribution in [-0.2, 0) is 11.3 Å². The molecule has 8 heteroatoms. The number of benzene rings is 2. The molecule has 0 saturated carbocycles. The zero-order valence-electron chi connectivity index (χ0n) is 20.3. The molecule has 5 rings (SSSR count). The van der Waals surface area contributed by atoms with Crippen LogP contribution in [0.3, 0.4) is 0 Å². The maximum absolute atomic E-state index is 10.0. The molecule has 0 radical (unpaired) electrons. The Morgan fingerprint density at radius 1 is 1.06 bits per heavy atom. The van der Waals surface area contributed by atoms with E-state index in [1.165, 1.54) is 0 Å². The van der Waals surface area contributed by atoms with E-state index in [2.05, 4.69) is 21.4 Å². The van der Waals surface area contributed by atoms with E-state index in [9.17, 15) is 5.26 Å². The molecule has 8 nitrogen and oxygen atoms in total. The van der Waals surface area contributed by atoms with E-state index in [0.717, 1.165) is 48.7 Å². The fraction of sp³-hybridized carbons (Fsp3) is 0.286. The number of hydrogen-bond acceptors (Lipinski definition) is 8. The number of aryl methyl sites for hydroxylation is 1. The maximum atomic E-state index is 10.0. The standard InChI is InChI=1S/C28H27N5O3/c1-18-3-4-19(15-30-18)17-36-26-8-5-21(13-27(26)34-2)32-23-6-7-24-28(22(23)14-29)33-25(16-31-24)20-9-11-35-12-10-20/h3-8,13,15-16,20,32H,9-12,17H2,1-2H3. The molecule has 1 saturated heterocycles. The molecule has 1 aliphatic heterocycles. The molecule has 2 aromatic carbocycles. The summed E-state index contributed by atoms with van der Waals surface area (Å²) in [6.45, 7) is 3.78. The molecule has 0 amide bonds. The highest BCUT2D eigenvalue weighted by atomic mass is 16.5. The summed E-state index contributed by atoms with van der Waals surface area (Å²) >= 11 is 0. The minimum absolute atomic E-state index is 0.298. The van der Waals surface area contributed by atoms with Crippen LogP contribution in [0.2, 0.25) is 0 Å². The molecule has 0 bridgehead atoms. The Hall–Kier alpha value is -4.22. The van der Waals surface area contributed by atoms with Gasteiger partial charge in [0.15, 0.2) is 11.5 Å². The second-order valence-electron chi connectivity index (χ2n) is 8.74. The lowest BCUT2D eigenvalue weighted by Gasteiger charge is -2.21. The van der Waals surface area contributed by atoms with Crippen molar-refractivity contribution in [3.05, 3.63) is 77.4 Å². The molecule has 3 heterocycles. The first-order valence-electron chi connectivity index (χ1n) is 11.9. The Morgan fingerprint density at radius 3 is 2.67 bits per heavy atom. The van der Waals surface area contributed by atoms with Gasteiger partial charge in [0.2, 0.25) is 0 Å². The topological polar surface area (TPSA) is 102 Å². The number of nitriles is 1. The van der Waals surface area contributed by atoms with E-state index in [0.29, 0.717) is 46.3 Å². The van der Waals surface area contributed by atoms with Gasteiger partial charge < -0.3 is 19.5 Å². The predicted molar refractivity (Wildman–Crippen MR) is 137 cm³/mol. The number of hydrogen-bond donors (Lipinski definition) is 1. The second-order valence-corrected chi connectivity index (χ2v) is 8.74. The summed E-state index contributed by atoms with van der Waals surface area (Å²) in [7, 11) is 1.60. The molecule has 4 aromatic rings. The number of pyridine rings is 1. The first kappa shape index (κ1) is 23.5. The van der Waals surface area contributed by atoms with E-state index >= 15 is 0 Å². The summed E-state index contributed by atoms with van der Waals surface area (Å²) in [4.78, 5) is 13.7. The van der Waals surface area contributed by atoms with Crippen LogP contribution in [0, 0.1) is 18.3 Å². The molecule has 0 spiro atoms. The Morgan fingerprint density at radius 2 is 1.92 bits per heavy atom. The normalized spacial score (nSPS) is 13.8. The van der Waals surface area contributed by atoms with Crippen molar-refractivity contribution in [3.63, 3.8) is 0 Å². The van der Waals surface area contributed by atoms with E-state index < -0.39 is 0 Å². The summed E-state index contributed by atoms with van der Waals surface area (Å²) in [5.74, 6) is 1.50. The molecule has 1 N–H and O–H groups in total. The van der Waals surface area contributed by atoms with Gasteiger partial charge in [-0.1, -0.05) is 6.07 Å². The minimum Gasteiger partial charge on any atom is -0.493 e. The number of methoxy groups -OCH3 is 1. The Balaban J connectivity index is 1.39. The number of nitrogens with one attached hydrogen (secondary N) is 1. The smallest absolute Gasteiger partial charge is 0.162 e. The third-order valence-corrected chi connectivity index (χ3v) is 6.29. The molecule has 182 valence electrons. The SMILES string of the molecule is COc1cc(Nc2ccc3ncc(C4CCOCC4)nc3c2C#N)ccc1OCc1ccc(C)nc1. The van der Waals surface area contributed by atoms with Crippen LogP contribution in [0.5, 0.6) is 11.5 Å². The molecular weight excluding hydrogens is 454 g/mol. The number of ether oxygens (including phenoxy) is 3. The van der Waals surface area contributed by atoms with Gasteiger partial charge in [-0.15, -0.1) is 0 Å². The van der Waals surface area contributed by atoms with Gasteiger partial charge in [-0.25, -0.2) is 4.98 Å². The number of anilines is 2. The molecule has 36 heavy (non-hydrogen) atoms. The zero-order chi connectivity index (χ0) is 24.9. The highest BCUT2D eigenvalue weighted by molar-refractivity contribution is 5.88. The number of fused-ring (bicyclic) bond motifs is 1. The van der Waals surface area contributed by atoms with Crippen molar-refractivity contribution >= 4 is 22.4 Å². The van der Waals surface area contributed by atoms with Crippen molar-refractivity contribution in [2.45, 2.75) is 32.3 Å². The molecule has 0 atom stereocenters. The van der Waals surface area contributed by atoms with E-state index in [4.69, 9.17) is 19.2 Å². The fourth-order valence-electron chi connectivity index (χ4n) is 4.26. The highest BCUT2D eigenvalue weighted by Gasteiger charge is 2.19. The van der Waals surface area contributed by atoms with Gasteiger partial charge in [0.05, 0.1) is 24.0 Å². The Bertz CT molecular complexity index is 1410. The lowest BCUT2D eigenvalue weighted by molar-refractivity contribution is 0.0845. The molecule has 2 aromatic heterocycles. The van der Waals surface area contributed by atoms with Gasteiger partial charge in [0.1, 0.15) is 23.8 Å². The summed E-state index contributed by atoms with van der Waals surface area (Å²) in [6, 6.07) is 15.6. The van der Waals surface area contributed by atoms with E-state index in [1.54, 1.807) is 13.3 Å². The van der Waals surface area contributed by atoms with Crippen LogP contribution < -0.4 is 14.8 Å². The molecule has 1 fully saturated rings. The van der Waals surface area contributed by atoms with Crippen LogP contribution in [0.4, 0.5) is 11.4 Å². The zero-order valence-corrected chi connectivity index (χ0v) is 20.3. The first-order chi connectivity index (χ1) is 17.6. The van der Waals surface area contributed by atoms with E-state index in [1.807, 2.05) is 55.6 Å². The number of rotatable bonds is 7. The van der Waals surface area contributed by atoms with Crippen LogP contribution >= 0.6 is 0 Å². The van der Waals surface area contributed by atoms with Gasteiger partial charge in [0, 0.05) is 54.5 Å². The third kappa shape index (κ3) is 5.07. The maximum Gasteiger partial charge on any atom is 0.162 e. The fourth-order valence-corrected chi connectivity index (χ4v) is 4.26. The van der Waals surface area contributed by atoms with Gasteiger partial charge in [0.25, 0.3) is 0 Å². The predicted octanol–water partition coefficient (Wildman–Crippen LogP) is 5.43. The third-order valence-electron chi connectivity index (χ3n) is 6.29. The lowest BCUT2D eigenvalue weighted by Crippen LogP contribution is -2.15. The van der Waals surface area contributed by atoms with Crippen molar-refractivity contribution in [2.24, 2.45) is 0 Å². The van der Waals surface area contributed by atoms with Crippen molar-refractivity contribution in [1.29, 1.82) is 5.26 Å². The highest BCUT2D eigenvalue weighted by Crippen LogP contribution is 2.34. The number of nitrogens with zero attached hydrogens (tertiary/aromatic N) is 4. The first-order valence-corrected chi connectivity index (χ1v) is 11.9. The van der Waals surface area contributed by atoms with Crippen molar-refractivity contribution in [1.82, 2.24) is 15.0 Å². The van der Waals surface area contributed by atoms with Crippen LogP contribution in [-0.4, -0.2) is 35.3 Å². The van der Waals surface area contributed by atoms with Crippen LogP contribution in [0.15, 0.2) is 54.9 Å². The van der Waals surface area contributed by atoms with Crippen molar-refractivity contribution < 1.29 is 14.2 Å². The van der Waals surface area contributed by atoms with Gasteiger partial charge in [-0.3, -0.25) is 9.97 Å². The van der Waals surface area contributed by atoms with Crippen LogP contribution in [0.1, 0.15) is 41.3 Å². The number of aromatic nitrogens is 3. The van der Waals surface area contributed by atoms with E-state index in [-0.39, 0.29) is 0 Å². The quantitative estimate of drug-likeness (QED) is 0.373. The molecular formula is C28H27N5O3. The van der Waals surface area contributed by atoms with Gasteiger partial charge >= 0.3 is 0 Å². The summed E-state index contributed by atoms with van der Waals surface area (Å²) < 4.78 is 17.0. The Kier molecular flexibility index (Phi) is 6.92. The average molecular weight is 482 g/mol. The molecule has 0 aliphatic carbocycles. The van der Waals surface area contributed by atoms with Crippen molar-refractivity contribution in [2.75, 3.05) is 25.6 Å². The molecule has 0 unspecified atom stereocenters. The lowest BCUT2D eigenvalue weighted by atomic mass is 9.96. The monoisotopic (exact) mass is 481 g/mol. The molecule has 1 aliphatic rings.